The van der Waals surface area contributed by atoms with Crippen molar-refractivity contribution in [1.82, 2.24) is 10.6 Å². The summed E-state index contributed by atoms with van der Waals surface area (Å²) < 4.78 is 10.7. The molecule has 1 aromatic carbocycles. The van der Waals surface area contributed by atoms with Crippen LogP contribution in [0.3, 0.4) is 0 Å². The minimum absolute atomic E-state index is 0. The first-order chi connectivity index (χ1) is 9.76. The van der Waals surface area contributed by atoms with Crippen LogP contribution in [0.5, 0.6) is 11.5 Å². The monoisotopic (exact) mass is 316 g/mol. The molecule has 0 saturated heterocycles. The van der Waals surface area contributed by atoms with Crippen molar-refractivity contribution in [2.24, 2.45) is 0 Å². The maximum Gasteiger partial charge on any atom is 0.220 e. The number of ether oxygens (including phenoxy) is 2. The van der Waals surface area contributed by atoms with E-state index in [1.54, 1.807) is 7.11 Å². The van der Waals surface area contributed by atoms with Crippen molar-refractivity contribution < 1.29 is 14.3 Å². The average Bonchev–Trinajstić information content (AvgIpc) is 2.47. The van der Waals surface area contributed by atoms with Gasteiger partial charge >= 0.3 is 0 Å². The van der Waals surface area contributed by atoms with E-state index in [2.05, 4.69) is 10.6 Å². The molecule has 21 heavy (non-hydrogen) atoms. The van der Waals surface area contributed by atoms with Gasteiger partial charge < -0.3 is 20.1 Å². The zero-order valence-electron chi connectivity index (χ0n) is 12.7. The van der Waals surface area contributed by atoms with Crippen molar-refractivity contribution in [3.8, 4) is 11.5 Å². The summed E-state index contributed by atoms with van der Waals surface area (Å²) in [5.74, 6) is 1.66. The number of carbonyl (C=O) groups excluding carboxylic acids is 1. The van der Waals surface area contributed by atoms with Crippen molar-refractivity contribution in [3.05, 3.63) is 24.3 Å². The van der Waals surface area contributed by atoms with Crippen molar-refractivity contribution >= 4 is 18.3 Å². The fourth-order valence-corrected chi connectivity index (χ4v) is 1.70. The number of nitrogens with one attached hydrogen (secondary N) is 2. The highest BCUT2D eigenvalue weighted by molar-refractivity contribution is 5.85. The Hall–Kier alpha value is -1.46. The molecular formula is C15H25ClN2O3. The van der Waals surface area contributed by atoms with E-state index in [1.807, 2.05) is 31.3 Å². The molecular weight excluding hydrogens is 292 g/mol. The van der Waals surface area contributed by atoms with Gasteiger partial charge in [-0.05, 0) is 38.6 Å². The molecule has 0 aliphatic heterocycles. The Bertz CT molecular complexity index is 402. The molecule has 120 valence electrons. The Morgan fingerprint density at radius 2 is 1.95 bits per heavy atom. The van der Waals surface area contributed by atoms with Gasteiger partial charge in [-0.1, -0.05) is 6.07 Å². The first-order valence-electron chi connectivity index (χ1n) is 6.94. The number of halogens is 1. The maximum atomic E-state index is 11.4. The number of benzene rings is 1. The molecule has 0 atom stereocenters. The molecule has 1 amide bonds. The summed E-state index contributed by atoms with van der Waals surface area (Å²) in [6.45, 7) is 2.08. The van der Waals surface area contributed by atoms with Crippen molar-refractivity contribution in [2.75, 3.05) is 33.9 Å². The SMILES string of the molecule is CNCCCC(=O)NCCCOc1cccc(OC)c1.Cl. The van der Waals surface area contributed by atoms with Gasteiger partial charge in [0.1, 0.15) is 11.5 Å². The average molecular weight is 317 g/mol. The molecule has 6 heteroatoms. The summed E-state index contributed by atoms with van der Waals surface area (Å²) in [7, 11) is 3.51. The molecule has 0 heterocycles. The second kappa shape index (κ2) is 12.3. The third-order valence-corrected chi connectivity index (χ3v) is 2.78. The van der Waals surface area contributed by atoms with Gasteiger partial charge in [0.05, 0.1) is 13.7 Å². The highest BCUT2D eigenvalue weighted by atomic mass is 35.5. The second-order valence-corrected chi connectivity index (χ2v) is 4.44. The lowest BCUT2D eigenvalue weighted by atomic mass is 10.3. The number of amides is 1. The van der Waals surface area contributed by atoms with Crippen molar-refractivity contribution in [3.63, 3.8) is 0 Å². The van der Waals surface area contributed by atoms with Crippen LogP contribution < -0.4 is 20.1 Å². The number of carbonyl (C=O) groups is 1. The molecule has 5 nitrogen and oxygen atoms in total. The van der Waals surface area contributed by atoms with Gasteiger partial charge in [-0.25, -0.2) is 0 Å². The molecule has 0 unspecified atom stereocenters. The highest BCUT2D eigenvalue weighted by Crippen LogP contribution is 2.18. The Morgan fingerprint density at radius 3 is 2.67 bits per heavy atom. The van der Waals surface area contributed by atoms with E-state index in [-0.39, 0.29) is 18.3 Å². The highest BCUT2D eigenvalue weighted by Gasteiger charge is 2.00. The fraction of sp³-hybridized carbons (Fsp3) is 0.533. The zero-order valence-corrected chi connectivity index (χ0v) is 13.5. The van der Waals surface area contributed by atoms with Gasteiger partial charge in [0.15, 0.2) is 0 Å². The van der Waals surface area contributed by atoms with E-state index in [4.69, 9.17) is 9.47 Å². The van der Waals surface area contributed by atoms with E-state index in [0.717, 1.165) is 30.9 Å². The summed E-state index contributed by atoms with van der Waals surface area (Å²) in [4.78, 5) is 11.4. The van der Waals surface area contributed by atoms with E-state index in [1.165, 1.54) is 0 Å². The molecule has 2 N–H and O–H groups in total. The predicted octanol–water partition coefficient (Wildman–Crippen LogP) is 2.00. The lowest BCUT2D eigenvalue weighted by molar-refractivity contribution is -0.121. The summed E-state index contributed by atoms with van der Waals surface area (Å²) in [5, 5.41) is 5.90. The van der Waals surface area contributed by atoms with Gasteiger partial charge in [0, 0.05) is 19.0 Å². The summed E-state index contributed by atoms with van der Waals surface area (Å²) >= 11 is 0. The first-order valence-corrected chi connectivity index (χ1v) is 6.94. The smallest absolute Gasteiger partial charge is 0.220 e. The molecule has 0 aliphatic carbocycles. The van der Waals surface area contributed by atoms with Crippen LogP contribution in [0.4, 0.5) is 0 Å². The molecule has 0 bridgehead atoms. The van der Waals surface area contributed by atoms with Gasteiger partial charge in [-0.3, -0.25) is 4.79 Å². The molecule has 0 saturated carbocycles. The summed E-state index contributed by atoms with van der Waals surface area (Å²) in [6, 6.07) is 7.49. The molecule has 1 rings (SSSR count). The van der Waals surface area contributed by atoms with Crippen LogP contribution in [-0.4, -0.2) is 39.8 Å². The standard InChI is InChI=1S/C15H24N2O3.ClH/c1-16-9-4-8-15(18)17-10-5-11-20-14-7-3-6-13(12-14)19-2;/h3,6-7,12,16H,4-5,8-11H2,1-2H3,(H,17,18);1H. The van der Waals surface area contributed by atoms with E-state index < -0.39 is 0 Å². The third-order valence-electron chi connectivity index (χ3n) is 2.78. The van der Waals surface area contributed by atoms with Crippen LogP contribution in [0.15, 0.2) is 24.3 Å². The van der Waals surface area contributed by atoms with E-state index in [0.29, 0.717) is 19.6 Å². The van der Waals surface area contributed by atoms with Crippen LogP contribution in [0, 0.1) is 0 Å². The summed E-state index contributed by atoms with van der Waals surface area (Å²) in [5.41, 5.74) is 0. The van der Waals surface area contributed by atoms with Crippen LogP contribution in [0.1, 0.15) is 19.3 Å². The minimum atomic E-state index is 0. The quantitative estimate of drug-likeness (QED) is 0.648. The van der Waals surface area contributed by atoms with Crippen molar-refractivity contribution in [2.45, 2.75) is 19.3 Å². The van der Waals surface area contributed by atoms with E-state index in [9.17, 15) is 4.79 Å². The van der Waals surface area contributed by atoms with Crippen molar-refractivity contribution in [1.29, 1.82) is 0 Å². The molecule has 0 fully saturated rings. The van der Waals surface area contributed by atoms with Gasteiger partial charge in [-0.2, -0.15) is 0 Å². The molecule has 1 aromatic rings. The Morgan fingerprint density at radius 1 is 1.19 bits per heavy atom. The van der Waals surface area contributed by atoms with Gasteiger partial charge in [-0.15, -0.1) is 12.4 Å². The molecule has 0 spiro atoms. The first kappa shape index (κ1) is 19.5. The largest absolute Gasteiger partial charge is 0.497 e. The van der Waals surface area contributed by atoms with Crippen LogP contribution in [-0.2, 0) is 4.79 Å². The summed E-state index contributed by atoms with van der Waals surface area (Å²) in [6.07, 6.45) is 2.22. The molecule has 0 aromatic heterocycles. The van der Waals surface area contributed by atoms with Crippen LogP contribution in [0.25, 0.3) is 0 Å². The topological polar surface area (TPSA) is 59.6 Å². The number of rotatable bonds is 10. The number of methoxy groups -OCH3 is 1. The molecule has 0 radical (unpaired) electrons. The molecule has 0 aliphatic rings. The van der Waals surface area contributed by atoms with Crippen LogP contribution in [0.2, 0.25) is 0 Å². The van der Waals surface area contributed by atoms with E-state index >= 15 is 0 Å². The number of hydrogen-bond acceptors (Lipinski definition) is 4. The Labute approximate surface area is 132 Å². The fourth-order valence-electron chi connectivity index (χ4n) is 1.70. The Balaban J connectivity index is 0.00000400. The van der Waals surface area contributed by atoms with Gasteiger partial charge in [0.25, 0.3) is 0 Å². The lowest BCUT2D eigenvalue weighted by Crippen LogP contribution is -2.26. The minimum Gasteiger partial charge on any atom is -0.497 e. The van der Waals surface area contributed by atoms with Gasteiger partial charge in [0.2, 0.25) is 5.91 Å². The zero-order chi connectivity index (χ0) is 14.6. The predicted molar refractivity (Wildman–Crippen MR) is 86.5 cm³/mol. The normalized spacial score (nSPS) is 9.62. The second-order valence-electron chi connectivity index (χ2n) is 4.44. The number of hydrogen-bond donors (Lipinski definition) is 2. The maximum absolute atomic E-state index is 11.4. The lowest BCUT2D eigenvalue weighted by Gasteiger charge is -2.08. The Kier molecular flexibility index (Phi) is 11.4. The van der Waals surface area contributed by atoms with Crippen LogP contribution >= 0.6 is 12.4 Å². The third kappa shape index (κ3) is 9.15.